The molecule has 1 aliphatic heterocycles. The lowest BCUT2D eigenvalue weighted by molar-refractivity contribution is 0.0302. The van der Waals surface area contributed by atoms with Gasteiger partial charge in [0.2, 0.25) is 0 Å². The smallest absolute Gasteiger partial charge is 0.254 e. The highest BCUT2D eigenvalue weighted by Gasteiger charge is 2.20. The molecule has 2 heterocycles. The van der Waals surface area contributed by atoms with Gasteiger partial charge in [-0.1, -0.05) is 0 Å². The number of hydrogen-bond donors (Lipinski definition) is 0. The lowest BCUT2D eigenvalue weighted by Gasteiger charge is -2.27. The summed E-state index contributed by atoms with van der Waals surface area (Å²) in [4.78, 5) is 14.3. The third-order valence-corrected chi connectivity index (χ3v) is 3.38. The van der Waals surface area contributed by atoms with Gasteiger partial charge in [-0.3, -0.25) is 4.79 Å². The van der Waals surface area contributed by atoms with E-state index in [4.69, 9.17) is 13.9 Å². The summed E-state index contributed by atoms with van der Waals surface area (Å²) in [7, 11) is 0. The Labute approximate surface area is 117 Å². The van der Waals surface area contributed by atoms with Crippen LogP contribution in [0.25, 0.3) is 11.0 Å². The molecule has 0 spiro atoms. The summed E-state index contributed by atoms with van der Waals surface area (Å²) < 4.78 is 16.3. The molecule has 5 heteroatoms. The van der Waals surface area contributed by atoms with E-state index in [1.54, 1.807) is 23.3 Å². The maximum absolute atomic E-state index is 12.5. The number of ether oxygens (including phenoxy) is 2. The van der Waals surface area contributed by atoms with E-state index >= 15 is 0 Å². The zero-order valence-corrected chi connectivity index (χ0v) is 11.4. The van der Waals surface area contributed by atoms with Crippen molar-refractivity contribution >= 4 is 16.9 Å². The molecule has 1 aliphatic rings. The second kappa shape index (κ2) is 5.54. The van der Waals surface area contributed by atoms with E-state index in [0.717, 1.165) is 5.39 Å². The zero-order valence-electron chi connectivity index (χ0n) is 11.4. The molecule has 1 amide bonds. The minimum absolute atomic E-state index is 0.00690. The van der Waals surface area contributed by atoms with Gasteiger partial charge in [-0.25, -0.2) is 0 Å². The molecule has 0 radical (unpaired) electrons. The Bertz CT molecular complexity index is 613. The number of benzene rings is 1. The van der Waals surface area contributed by atoms with Crippen LogP contribution < -0.4 is 4.74 Å². The van der Waals surface area contributed by atoms with Gasteiger partial charge in [0, 0.05) is 18.7 Å². The molecule has 0 saturated carbocycles. The Balaban J connectivity index is 1.95. The molecule has 3 rings (SSSR count). The first-order chi connectivity index (χ1) is 9.79. The Morgan fingerprint density at radius 2 is 2.15 bits per heavy atom. The van der Waals surface area contributed by atoms with Crippen LogP contribution in [0, 0.1) is 0 Å². The van der Waals surface area contributed by atoms with Gasteiger partial charge in [-0.05, 0) is 25.1 Å². The molecule has 2 aromatic rings. The number of carbonyl (C=O) groups excluding carboxylic acids is 1. The van der Waals surface area contributed by atoms with E-state index in [2.05, 4.69) is 0 Å². The van der Waals surface area contributed by atoms with Crippen molar-refractivity contribution in [3.63, 3.8) is 0 Å². The number of rotatable bonds is 3. The topological polar surface area (TPSA) is 51.9 Å². The average Bonchev–Trinajstić information content (AvgIpc) is 2.96. The van der Waals surface area contributed by atoms with Gasteiger partial charge in [-0.2, -0.15) is 0 Å². The summed E-state index contributed by atoms with van der Waals surface area (Å²) in [6.07, 6.45) is 1.61. The third kappa shape index (κ3) is 2.36. The van der Waals surface area contributed by atoms with Crippen molar-refractivity contribution in [2.24, 2.45) is 0 Å². The van der Waals surface area contributed by atoms with Gasteiger partial charge < -0.3 is 18.8 Å². The zero-order chi connectivity index (χ0) is 13.9. The maximum atomic E-state index is 12.5. The van der Waals surface area contributed by atoms with Crippen LogP contribution in [0.1, 0.15) is 17.3 Å². The fourth-order valence-corrected chi connectivity index (χ4v) is 2.39. The van der Waals surface area contributed by atoms with Gasteiger partial charge in [0.1, 0.15) is 11.3 Å². The second-order valence-corrected chi connectivity index (χ2v) is 4.64. The molecule has 0 bridgehead atoms. The van der Waals surface area contributed by atoms with Crippen molar-refractivity contribution in [3.05, 3.63) is 30.0 Å². The molecule has 5 nitrogen and oxygen atoms in total. The van der Waals surface area contributed by atoms with Gasteiger partial charge in [0.15, 0.2) is 0 Å². The van der Waals surface area contributed by atoms with Gasteiger partial charge in [0.25, 0.3) is 5.91 Å². The van der Waals surface area contributed by atoms with Crippen LogP contribution in [0.5, 0.6) is 5.75 Å². The normalized spacial score (nSPS) is 15.6. The Hall–Kier alpha value is -2.01. The van der Waals surface area contributed by atoms with E-state index in [-0.39, 0.29) is 5.91 Å². The van der Waals surface area contributed by atoms with Crippen molar-refractivity contribution < 1.29 is 18.7 Å². The van der Waals surface area contributed by atoms with Crippen LogP contribution in [0.3, 0.4) is 0 Å². The number of morpholine rings is 1. The van der Waals surface area contributed by atoms with Crippen molar-refractivity contribution in [1.29, 1.82) is 0 Å². The molecule has 1 fully saturated rings. The fraction of sp³-hybridized carbons (Fsp3) is 0.400. The number of nitrogens with zero attached hydrogens (tertiary/aromatic N) is 1. The Morgan fingerprint density at radius 1 is 1.35 bits per heavy atom. The van der Waals surface area contributed by atoms with Crippen molar-refractivity contribution in [2.45, 2.75) is 6.92 Å². The van der Waals surface area contributed by atoms with Gasteiger partial charge in [-0.15, -0.1) is 0 Å². The first kappa shape index (κ1) is 13.0. The molecule has 0 N–H and O–H groups in total. The summed E-state index contributed by atoms with van der Waals surface area (Å²) in [6.45, 7) is 4.90. The Kier molecular flexibility index (Phi) is 3.60. The largest absolute Gasteiger partial charge is 0.493 e. The minimum atomic E-state index is -0.00690. The number of amides is 1. The van der Waals surface area contributed by atoms with E-state index in [1.165, 1.54) is 0 Å². The number of carbonyl (C=O) groups is 1. The summed E-state index contributed by atoms with van der Waals surface area (Å²) in [5, 5.41) is 0.894. The molecule has 0 atom stereocenters. The molecule has 106 valence electrons. The number of hydrogen-bond acceptors (Lipinski definition) is 4. The molecule has 1 aromatic carbocycles. The molecule has 1 aromatic heterocycles. The molecular formula is C15H17NO4. The van der Waals surface area contributed by atoms with E-state index in [9.17, 15) is 4.79 Å². The number of furan rings is 1. The minimum Gasteiger partial charge on any atom is -0.493 e. The monoisotopic (exact) mass is 275 g/mol. The summed E-state index contributed by atoms with van der Waals surface area (Å²) in [5.41, 5.74) is 1.27. The third-order valence-electron chi connectivity index (χ3n) is 3.38. The fourth-order valence-electron chi connectivity index (χ4n) is 2.39. The lowest BCUT2D eigenvalue weighted by atomic mass is 10.1. The Morgan fingerprint density at radius 3 is 2.90 bits per heavy atom. The first-order valence-corrected chi connectivity index (χ1v) is 6.80. The molecule has 20 heavy (non-hydrogen) atoms. The standard InChI is InChI=1S/C15H17NO4/c1-2-19-13-9-11(10-14-12(13)3-6-20-14)15(17)16-4-7-18-8-5-16/h3,6,9-10H,2,4-5,7-8H2,1H3. The van der Waals surface area contributed by atoms with Crippen LogP contribution in [0.4, 0.5) is 0 Å². The highest BCUT2D eigenvalue weighted by atomic mass is 16.5. The van der Waals surface area contributed by atoms with Crippen LogP contribution >= 0.6 is 0 Å². The molecule has 0 unspecified atom stereocenters. The molecule has 0 aliphatic carbocycles. The predicted octanol–water partition coefficient (Wildman–Crippen LogP) is 2.30. The summed E-state index contributed by atoms with van der Waals surface area (Å²) >= 11 is 0. The van der Waals surface area contributed by atoms with Crippen LogP contribution in [0.2, 0.25) is 0 Å². The van der Waals surface area contributed by atoms with Crippen LogP contribution in [-0.4, -0.2) is 43.7 Å². The van der Waals surface area contributed by atoms with E-state index in [1.807, 2.05) is 13.0 Å². The molecule has 1 saturated heterocycles. The van der Waals surface area contributed by atoms with Crippen LogP contribution in [-0.2, 0) is 4.74 Å². The highest BCUT2D eigenvalue weighted by molar-refractivity contribution is 5.99. The van der Waals surface area contributed by atoms with E-state index in [0.29, 0.717) is 49.8 Å². The van der Waals surface area contributed by atoms with Crippen molar-refractivity contribution in [2.75, 3.05) is 32.9 Å². The highest BCUT2D eigenvalue weighted by Crippen LogP contribution is 2.29. The van der Waals surface area contributed by atoms with Gasteiger partial charge >= 0.3 is 0 Å². The number of fused-ring (bicyclic) bond motifs is 1. The average molecular weight is 275 g/mol. The SMILES string of the molecule is CCOc1cc(C(=O)N2CCOCC2)cc2occc12. The van der Waals surface area contributed by atoms with Crippen LogP contribution in [0.15, 0.2) is 28.9 Å². The summed E-state index contributed by atoms with van der Waals surface area (Å²) in [6, 6.07) is 5.41. The second-order valence-electron chi connectivity index (χ2n) is 4.64. The quantitative estimate of drug-likeness (QED) is 0.862. The molecular weight excluding hydrogens is 258 g/mol. The van der Waals surface area contributed by atoms with Crippen molar-refractivity contribution in [1.82, 2.24) is 4.90 Å². The lowest BCUT2D eigenvalue weighted by Crippen LogP contribution is -2.40. The van der Waals surface area contributed by atoms with E-state index < -0.39 is 0 Å². The maximum Gasteiger partial charge on any atom is 0.254 e. The van der Waals surface area contributed by atoms with Gasteiger partial charge in [0.05, 0.1) is 31.5 Å². The first-order valence-electron chi connectivity index (χ1n) is 6.80. The van der Waals surface area contributed by atoms with Crippen molar-refractivity contribution in [3.8, 4) is 5.75 Å². The predicted molar refractivity (Wildman–Crippen MR) is 74.1 cm³/mol. The summed E-state index contributed by atoms with van der Waals surface area (Å²) in [5.74, 6) is 0.683.